The second-order valence-corrected chi connectivity index (χ2v) is 8.51. The van der Waals surface area contributed by atoms with E-state index >= 15 is 0 Å². The van der Waals surface area contributed by atoms with Crippen LogP contribution in [0.5, 0.6) is 0 Å². The molecule has 0 aliphatic carbocycles. The average molecular weight is 418 g/mol. The number of carbonyl (C=O) groups excluding carboxylic acids is 3. The van der Waals surface area contributed by atoms with Crippen molar-refractivity contribution in [3.05, 3.63) is 70.8 Å². The number of rotatable bonds is 5. The van der Waals surface area contributed by atoms with Crippen molar-refractivity contribution in [2.24, 2.45) is 0 Å². The molecule has 3 unspecified atom stereocenters. The van der Waals surface area contributed by atoms with Crippen molar-refractivity contribution in [3.63, 3.8) is 0 Å². The molecule has 160 valence electrons. The molecule has 3 aliphatic rings. The molecular weight excluding hydrogens is 392 g/mol. The summed E-state index contributed by atoms with van der Waals surface area (Å²) >= 11 is 0. The molecule has 3 aliphatic heterocycles. The van der Waals surface area contributed by atoms with Gasteiger partial charge in [-0.3, -0.25) is 19.7 Å². The van der Waals surface area contributed by atoms with Crippen molar-refractivity contribution in [1.29, 1.82) is 0 Å². The highest BCUT2D eigenvalue weighted by Gasteiger charge is 2.39. The highest BCUT2D eigenvalue weighted by Crippen LogP contribution is 2.29. The molecule has 2 saturated heterocycles. The monoisotopic (exact) mass is 418 g/mol. The summed E-state index contributed by atoms with van der Waals surface area (Å²) in [5.74, 6) is -0.776. The third kappa shape index (κ3) is 3.86. The standard InChI is InChI=1S/C24H26N4O3/c29-21-9-8-20(23(30)27-21)28-14-17-12-15(6-7-18(17)24(28)31)13-26-19-10-11-25-22(19)16-4-2-1-3-5-16/h1-7,12,19-20,22,25-26H,8-11,13-14H2,(H,27,29,30). The number of imide groups is 1. The van der Waals surface area contributed by atoms with Gasteiger partial charge in [0.25, 0.3) is 5.91 Å². The predicted octanol–water partition coefficient (Wildman–Crippen LogP) is 1.64. The van der Waals surface area contributed by atoms with Crippen LogP contribution in [-0.4, -0.2) is 41.2 Å². The molecule has 7 nitrogen and oxygen atoms in total. The Kier molecular flexibility index (Phi) is 5.29. The van der Waals surface area contributed by atoms with Crippen LogP contribution in [0.3, 0.4) is 0 Å². The second-order valence-electron chi connectivity index (χ2n) is 8.51. The minimum Gasteiger partial charge on any atom is -0.322 e. The van der Waals surface area contributed by atoms with Crippen LogP contribution in [0.25, 0.3) is 0 Å². The summed E-state index contributed by atoms with van der Waals surface area (Å²) in [6.45, 7) is 2.11. The lowest BCUT2D eigenvalue weighted by Crippen LogP contribution is -2.52. The van der Waals surface area contributed by atoms with Gasteiger partial charge in [0.15, 0.2) is 0 Å². The molecule has 2 aromatic carbocycles. The lowest BCUT2D eigenvalue weighted by molar-refractivity contribution is -0.136. The second kappa shape index (κ2) is 8.24. The van der Waals surface area contributed by atoms with Crippen LogP contribution in [0.15, 0.2) is 48.5 Å². The average Bonchev–Trinajstić information content (AvgIpc) is 3.37. The van der Waals surface area contributed by atoms with Crippen molar-refractivity contribution >= 4 is 17.7 Å². The van der Waals surface area contributed by atoms with Crippen LogP contribution in [0, 0.1) is 0 Å². The lowest BCUT2D eigenvalue weighted by Gasteiger charge is -2.29. The van der Waals surface area contributed by atoms with E-state index in [4.69, 9.17) is 0 Å². The van der Waals surface area contributed by atoms with Gasteiger partial charge < -0.3 is 15.5 Å². The molecule has 0 saturated carbocycles. The first kappa shape index (κ1) is 19.9. The Morgan fingerprint density at radius 2 is 1.87 bits per heavy atom. The van der Waals surface area contributed by atoms with Crippen LogP contribution < -0.4 is 16.0 Å². The first-order chi connectivity index (χ1) is 15.1. The summed E-state index contributed by atoms with van der Waals surface area (Å²) in [4.78, 5) is 38.1. The van der Waals surface area contributed by atoms with Gasteiger partial charge in [0, 0.05) is 37.2 Å². The molecule has 2 aromatic rings. The van der Waals surface area contributed by atoms with E-state index < -0.39 is 6.04 Å². The third-order valence-electron chi connectivity index (χ3n) is 6.54. The number of nitrogens with one attached hydrogen (secondary N) is 3. The summed E-state index contributed by atoms with van der Waals surface area (Å²) in [6, 6.07) is 16.4. The van der Waals surface area contributed by atoms with Crippen molar-refractivity contribution in [1.82, 2.24) is 20.9 Å². The first-order valence-electron chi connectivity index (χ1n) is 10.9. The van der Waals surface area contributed by atoms with Crippen LogP contribution in [0.4, 0.5) is 0 Å². The van der Waals surface area contributed by atoms with Gasteiger partial charge in [0.05, 0.1) is 0 Å². The number of hydrogen-bond acceptors (Lipinski definition) is 5. The minimum absolute atomic E-state index is 0.131. The van der Waals surface area contributed by atoms with Crippen LogP contribution in [0.2, 0.25) is 0 Å². The number of nitrogens with zero attached hydrogens (tertiary/aromatic N) is 1. The van der Waals surface area contributed by atoms with Crippen molar-refractivity contribution in [2.75, 3.05) is 6.54 Å². The number of carbonyl (C=O) groups is 3. The maximum atomic E-state index is 12.8. The molecule has 0 radical (unpaired) electrons. The minimum atomic E-state index is -0.574. The number of benzene rings is 2. The van der Waals surface area contributed by atoms with Crippen LogP contribution in [-0.2, 0) is 22.7 Å². The number of amides is 3. The quantitative estimate of drug-likeness (QED) is 0.643. The Morgan fingerprint density at radius 3 is 2.68 bits per heavy atom. The molecule has 0 spiro atoms. The summed E-state index contributed by atoms with van der Waals surface area (Å²) < 4.78 is 0. The van der Waals surface area contributed by atoms with Gasteiger partial charge in [-0.05, 0) is 42.1 Å². The Balaban J connectivity index is 1.25. The Bertz CT molecular complexity index is 1020. The molecule has 3 N–H and O–H groups in total. The van der Waals surface area contributed by atoms with Crippen LogP contribution in [0.1, 0.15) is 52.4 Å². The summed E-state index contributed by atoms with van der Waals surface area (Å²) in [5, 5.41) is 9.60. The summed E-state index contributed by atoms with van der Waals surface area (Å²) in [7, 11) is 0. The number of hydrogen-bond donors (Lipinski definition) is 3. The smallest absolute Gasteiger partial charge is 0.255 e. The van der Waals surface area contributed by atoms with Gasteiger partial charge >= 0.3 is 0 Å². The molecular formula is C24H26N4O3. The highest BCUT2D eigenvalue weighted by atomic mass is 16.2. The summed E-state index contributed by atoms with van der Waals surface area (Å²) in [6.07, 6.45) is 1.71. The third-order valence-corrected chi connectivity index (χ3v) is 6.54. The lowest BCUT2D eigenvalue weighted by atomic mass is 10.00. The van der Waals surface area contributed by atoms with Gasteiger partial charge in [-0.1, -0.05) is 42.5 Å². The molecule has 3 heterocycles. The Morgan fingerprint density at radius 1 is 1.03 bits per heavy atom. The largest absolute Gasteiger partial charge is 0.322 e. The summed E-state index contributed by atoms with van der Waals surface area (Å²) in [5.41, 5.74) is 4.00. The fraction of sp³-hybridized carbons (Fsp3) is 0.375. The maximum Gasteiger partial charge on any atom is 0.255 e. The zero-order valence-corrected chi connectivity index (χ0v) is 17.3. The van der Waals surface area contributed by atoms with Gasteiger partial charge in [-0.2, -0.15) is 0 Å². The number of fused-ring (bicyclic) bond motifs is 1. The van der Waals surface area contributed by atoms with E-state index in [2.05, 4.69) is 46.3 Å². The molecule has 2 fully saturated rings. The Hall–Kier alpha value is -3.03. The van der Waals surface area contributed by atoms with Crippen molar-refractivity contribution in [3.8, 4) is 0 Å². The molecule has 0 bridgehead atoms. The van der Waals surface area contributed by atoms with Gasteiger partial charge in [-0.15, -0.1) is 0 Å². The zero-order valence-electron chi connectivity index (χ0n) is 17.3. The molecule has 0 aromatic heterocycles. The molecule has 5 rings (SSSR count). The SMILES string of the molecule is O=C1CCC(N2Cc3cc(CNC4CCNC4c4ccccc4)ccc3C2=O)C(=O)N1. The molecule has 31 heavy (non-hydrogen) atoms. The van der Waals surface area contributed by atoms with Gasteiger partial charge in [-0.25, -0.2) is 0 Å². The van der Waals surface area contributed by atoms with E-state index in [0.717, 1.165) is 30.6 Å². The molecule has 7 heteroatoms. The van der Waals surface area contributed by atoms with E-state index in [1.54, 1.807) is 4.90 Å². The van der Waals surface area contributed by atoms with E-state index in [0.29, 0.717) is 30.6 Å². The predicted molar refractivity (Wildman–Crippen MR) is 115 cm³/mol. The highest BCUT2D eigenvalue weighted by molar-refractivity contribution is 6.05. The normalized spacial score (nSPS) is 25.6. The molecule has 3 atom stereocenters. The maximum absolute atomic E-state index is 12.8. The van der Waals surface area contributed by atoms with E-state index in [1.165, 1.54) is 5.56 Å². The van der Waals surface area contributed by atoms with Crippen molar-refractivity contribution in [2.45, 2.75) is 50.5 Å². The van der Waals surface area contributed by atoms with E-state index in [9.17, 15) is 14.4 Å². The van der Waals surface area contributed by atoms with Gasteiger partial charge in [0.2, 0.25) is 11.8 Å². The topological polar surface area (TPSA) is 90.5 Å². The Labute approximate surface area is 181 Å². The fourth-order valence-electron chi connectivity index (χ4n) is 4.92. The van der Waals surface area contributed by atoms with Crippen molar-refractivity contribution < 1.29 is 14.4 Å². The van der Waals surface area contributed by atoms with E-state index in [-0.39, 0.29) is 24.1 Å². The van der Waals surface area contributed by atoms with Crippen LogP contribution >= 0.6 is 0 Å². The number of piperidine rings is 1. The fourth-order valence-corrected chi connectivity index (χ4v) is 4.92. The van der Waals surface area contributed by atoms with Gasteiger partial charge in [0.1, 0.15) is 6.04 Å². The zero-order chi connectivity index (χ0) is 21.4. The first-order valence-corrected chi connectivity index (χ1v) is 10.9. The molecule has 3 amide bonds. The van der Waals surface area contributed by atoms with E-state index in [1.807, 2.05) is 18.2 Å².